The van der Waals surface area contributed by atoms with Gasteiger partial charge in [-0.25, -0.2) is 0 Å². The molecule has 0 radical (unpaired) electrons. The minimum absolute atomic E-state index is 0.0417. The molecule has 0 heterocycles. The van der Waals surface area contributed by atoms with Gasteiger partial charge in [0, 0.05) is 12.0 Å². The first kappa shape index (κ1) is 11.9. The van der Waals surface area contributed by atoms with Gasteiger partial charge in [-0.15, -0.1) is 0 Å². The van der Waals surface area contributed by atoms with Crippen molar-refractivity contribution in [2.24, 2.45) is 5.41 Å². The zero-order valence-electron chi connectivity index (χ0n) is 8.38. The van der Waals surface area contributed by atoms with Crippen molar-refractivity contribution in [2.75, 3.05) is 32.8 Å². The maximum Gasteiger partial charge on any atom is 0.0519 e. The summed E-state index contributed by atoms with van der Waals surface area (Å²) in [5.74, 6) is 0. The Bertz CT molecular complexity index is 109. The van der Waals surface area contributed by atoms with Crippen molar-refractivity contribution >= 4 is 0 Å². The van der Waals surface area contributed by atoms with E-state index in [0.717, 1.165) is 19.6 Å². The van der Waals surface area contributed by atoms with Crippen LogP contribution in [0.4, 0.5) is 0 Å². The summed E-state index contributed by atoms with van der Waals surface area (Å²) in [6.45, 7) is 8.83. The molecule has 0 spiro atoms. The monoisotopic (exact) mass is 175 g/mol. The van der Waals surface area contributed by atoms with Gasteiger partial charge in [-0.1, -0.05) is 20.8 Å². The van der Waals surface area contributed by atoms with E-state index in [-0.39, 0.29) is 18.6 Å². The van der Waals surface area contributed by atoms with Crippen LogP contribution in [0, 0.1) is 5.41 Å². The van der Waals surface area contributed by atoms with E-state index in [1.54, 1.807) is 0 Å². The molecule has 0 rings (SSSR count). The van der Waals surface area contributed by atoms with E-state index >= 15 is 0 Å². The van der Waals surface area contributed by atoms with Crippen LogP contribution in [0.1, 0.15) is 20.8 Å². The molecule has 2 N–H and O–H groups in total. The summed E-state index contributed by atoms with van der Waals surface area (Å²) in [6.07, 6.45) is 0. The lowest BCUT2D eigenvalue weighted by Gasteiger charge is -2.31. The van der Waals surface area contributed by atoms with E-state index in [2.05, 4.69) is 18.7 Å². The topological polar surface area (TPSA) is 43.7 Å². The largest absolute Gasteiger partial charge is 0.396 e. The fraction of sp³-hybridized carbons (Fsp3) is 1.00. The van der Waals surface area contributed by atoms with Crippen molar-refractivity contribution in [3.63, 3.8) is 0 Å². The summed E-state index contributed by atoms with van der Waals surface area (Å²) < 4.78 is 0. The fourth-order valence-corrected chi connectivity index (χ4v) is 1.14. The molecule has 0 aromatic rings. The molecular formula is C9H21NO2. The highest BCUT2D eigenvalue weighted by Crippen LogP contribution is 2.15. The Labute approximate surface area is 75.0 Å². The summed E-state index contributed by atoms with van der Waals surface area (Å²) in [7, 11) is 0. The number of aliphatic hydroxyl groups excluding tert-OH is 2. The highest BCUT2D eigenvalue weighted by atomic mass is 16.3. The van der Waals surface area contributed by atoms with Crippen LogP contribution < -0.4 is 0 Å². The zero-order chi connectivity index (χ0) is 9.61. The van der Waals surface area contributed by atoms with Crippen molar-refractivity contribution < 1.29 is 10.2 Å². The molecule has 3 nitrogen and oxygen atoms in total. The highest BCUT2D eigenvalue weighted by molar-refractivity contribution is 4.76. The second-order valence-electron chi connectivity index (χ2n) is 3.59. The normalized spacial score (nSPS) is 12.5. The first-order valence-electron chi connectivity index (χ1n) is 4.56. The molecule has 0 aliphatic heterocycles. The SMILES string of the molecule is CCN(CC)CC(C)(CO)CO. The van der Waals surface area contributed by atoms with Gasteiger partial charge in [0.05, 0.1) is 13.2 Å². The van der Waals surface area contributed by atoms with Gasteiger partial charge in [0.1, 0.15) is 0 Å². The second kappa shape index (κ2) is 5.51. The molecule has 0 saturated heterocycles. The Kier molecular flexibility index (Phi) is 5.46. The molecule has 0 aromatic carbocycles. The third-order valence-corrected chi connectivity index (χ3v) is 2.26. The molecule has 0 aromatic heterocycles. The lowest BCUT2D eigenvalue weighted by Crippen LogP contribution is -2.40. The van der Waals surface area contributed by atoms with Gasteiger partial charge < -0.3 is 15.1 Å². The van der Waals surface area contributed by atoms with Gasteiger partial charge in [-0.05, 0) is 13.1 Å². The lowest BCUT2D eigenvalue weighted by molar-refractivity contribution is 0.0379. The Morgan fingerprint density at radius 3 is 1.75 bits per heavy atom. The standard InChI is InChI=1S/C9H21NO2/c1-4-10(5-2)6-9(3,7-11)8-12/h11-12H,4-8H2,1-3H3. The van der Waals surface area contributed by atoms with Gasteiger partial charge in [-0.3, -0.25) is 0 Å². The van der Waals surface area contributed by atoms with Crippen LogP contribution in [0.5, 0.6) is 0 Å². The van der Waals surface area contributed by atoms with E-state index in [4.69, 9.17) is 10.2 Å². The van der Waals surface area contributed by atoms with Crippen LogP contribution in [0.3, 0.4) is 0 Å². The van der Waals surface area contributed by atoms with Crippen molar-refractivity contribution in [3.8, 4) is 0 Å². The van der Waals surface area contributed by atoms with E-state index < -0.39 is 0 Å². The lowest BCUT2D eigenvalue weighted by atomic mass is 9.92. The van der Waals surface area contributed by atoms with Crippen LogP contribution in [-0.4, -0.2) is 48.0 Å². The molecule has 0 saturated carbocycles. The van der Waals surface area contributed by atoms with Gasteiger partial charge in [0.2, 0.25) is 0 Å². The third kappa shape index (κ3) is 3.52. The van der Waals surface area contributed by atoms with E-state index in [1.165, 1.54) is 0 Å². The van der Waals surface area contributed by atoms with Crippen molar-refractivity contribution in [3.05, 3.63) is 0 Å². The predicted molar refractivity (Wildman–Crippen MR) is 50.1 cm³/mol. The van der Waals surface area contributed by atoms with Gasteiger partial charge in [0.15, 0.2) is 0 Å². The van der Waals surface area contributed by atoms with Crippen LogP contribution >= 0.6 is 0 Å². The zero-order valence-corrected chi connectivity index (χ0v) is 8.38. The average Bonchev–Trinajstić information content (AvgIpc) is 2.14. The maximum absolute atomic E-state index is 9.04. The minimum Gasteiger partial charge on any atom is -0.396 e. The van der Waals surface area contributed by atoms with Gasteiger partial charge in [-0.2, -0.15) is 0 Å². The van der Waals surface area contributed by atoms with E-state index in [1.807, 2.05) is 6.92 Å². The number of nitrogens with zero attached hydrogens (tertiary/aromatic N) is 1. The van der Waals surface area contributed by atoms with Crippen molar-refractivity contribution in [1.29, 1.82) is 0 Å². The first-order valence-corrected chi connectivity index (χ1v) is 4.56. The number of aliphatic hydroxyl groups is 2. The smallest absolute Gasteiger partial charge is 0.0519 e. The summed E-state index contributed by atoms with van der Waals surface area (Å²) in [4.78, 5) is 2.20. The molecule has 12 heavy (non-hydrogen) atoms. The second-order valence-corrected chi connectivity index (χ2v) is 3.59. The molecule has 0 fully saturated rings. The molecule has 0 atom stereocenters. The summed E-state index contributed by atoms with van der Waals surface area (Å²) in [5, 5.41) is 18.1. The molecule has 74 valence electrons. The Hall–Kier alpha value is -0.120. The van der Waals surface area contributed by atoms with Crippen LogP contribution in [0.15, 0.2) is 0 Å². The van der Waals surface area contributed by atoms with Crippen LogP contribution in [0.25, 0.3) is 0 Å². The maximum atomic E-state index is 9.04. The van der Waals surface area contributed by atoms with Gasteiger partial charge in [0.25, 0.3) is 0 Å². The molecule has 0 aliphatic carbocycles. The summed E-state index contributed by atoms with van der Waals surface area (Å²) in [5.41, 5.74) is -0.355. The van der Waals surface area contributed by atoms with Crippen molar-refractivity contribution in [2.45, 2.75) is 20.8 Å². The van der Waals surface area contributed by atoms with E-state index in [0.29, 0.717) is 0 Å². The third-order valence-electron chi connectivity index (χ3n) is 2.26. The molecular weight excluding hydrogens is 154 g/mol. The average molecular weight is 175 g/mol. The molecule has 0 unspecified atom stereocenters. The molecule has 0 amide bonds. The molecule has 0 bridgehead atoms. The van der Waals surface area contributed by atoms with E-state index in [9.17, 15) is 0 Å². The van der Waals surface area contributed by atoms with Crippen LogP contribution in [-0.2, 0) is 0 Å². The molecule has 3 heteroatoms. The Morgan fingerprint density at radius 2 is 1.50 bits per heavy atom. The fourth-order valence-electron chi connectivity index (χ4n) is 1.14. The van der Waals surface area contributed by atoms with Gasteiger partial charge >= 0.3 is 0 Å². The number of hydrogen-bond acceptors (Lipinski definition) is 3. The predicted octanol–water partition coefficient (Wildman–Crippen LogP) is 0.319. The minimum atomic E-state index is -0.355. The summed E-state index contributed by atoms with van der Waals surface area (Å²) >= 11 is 0. The highest BCUT2D eigenvalue weighted by Gasteiger charge is 2.24. The Balaban J connectivity index is 3.99. The van der Waals surface area contributed by atoms with Crippen LogP contribution in [0.2, 0.25) is 0 Å². The Morgan fingerprint density at radius 1 is 1.08 bits per heavy atom. The first-order chi connectivity index (χ1) is 5.61. The number of rotatable bonds is 6. The van der Waals surface area contributed by atoms with Crippen molar-refractivity contribution in [1.82, 2.24) is 4.90 Å². The summed E-state index contributed by atoms with van der Waals surface area (Å²) in [6, 6.07) is 0. The molecule has 0 aliphatic rings. The quantitative estimate of drug-likeness (QED) is 0.611. The number of hydrogen-bond donors (Lipinski definition) is 2.